The van der Waals surface area contributed by atoms with Gasteiger partial charge in [0.25, 0.3) is 0 Å². The van der Waals surface area contributed by atoms with Crippen molar-refractivity contribution in [3.05, 3.63) is 24.4 Å². The standard InChI is InChI=1S/C12H13NO5/c14-12(18-10-3-1-2-5-13-10)17-9-7-16-8-4-6-15-11(8)9/h1-3,5,8-9,11H,4,6-7H2/t8-,9-,11+/m1/s1. The predicted molar refractivity (Wildman–Crippen MR) is 59.2 cm³/mol. The lowest BCUT2D eigenvalue weighted by atomic mass is 10.1. The van der Waals surface area contributed by atoms with E-state index >= 15 is 0 Å². The Hall–Kier alpha value is -1.66. The second kappa shape index (κ2) is 4.91. The van der Waals surface area contributed by atoms with E-state index in [4.69, 9.17) is 18.9 Å². The van der Waals surface area contributed by atoms with Crippen LogP contribution in [-0.2, 0) is 14.2 Å². The Kier molecular flexibility index (Phi) is 3.12. The van der Waals surface area contributed by atoms with Gasteiger partial charge in [0.05, 0.1) is 12.7 Å². The van der Waals surface area contributed by atoms with Crippen molar-refractivity contribution >= 4 is 6.16 Å². The van der Waals surface area contributed by atoms with Crippen LogP contribution in [0, 0.1) is 0 Å². The summed E-state index contributed by atoms with van der Waals surface area (Å²) in [5.74, 6) is 0.213. The molecule has 3 heterocycles. The van der Waals surface area contributed by atoms with Crippen LogP contribution >= 0.6 is 0 Å². The van der Waals surface area contributed by atoms with Gasteiger partial charge in [-0.05, 0) is 12.5 Å². The molecular weight excluding hydrogens is 238 g/mol. The van der Waals surface area contributed by atoms with Crippen molar-refractivity contribution in [2.45, 2.75) is 24.7 Å². The molecule has 2 saturated heterocycles. The van der Waals surface area contributed by atoms with Crippen molar-refractivity contribution < 1.29 is 23.7 Å². The summed E-state index contributed by atoms with van der Waals surface area (Å²) < 4.78 is 21.1. The van der Waals surface area contributed by atoms with E-state index in [1.54, 1.807) is 18.2 Å². The number of pyridine rings is 1. The molecule has 3 atom stereocenters. The van der Waals surface area contributed by atoms with Gasteiger partial charge in [0.15, 0.2) is 6.10 Å². The van der Waals surface area contributed by atoms with E-state index < -0.39 is 12.3 Å². The van der Waals surface area contributed by atoms with Gasteiger partial charge in [0.1, 0.15) is 6.10 Å². The van der Waals surface area contributed by atoms with Crippen LogP contribution in [-0.4, -0.2) is 42.7 Å². The maximum Gasteiger partial charge on any atom is 0.515 e. The van der Waals surface area contributed by atoms with Gasteiger partial charge < -0.3 is 18.9 Å². The van der Waals surface area contributed by atoms with Crippen LogP contribution in [0.25, 0.3) is 0 Å². The summed E-state index contributed by atoms with van der Waals surface area (Å²) in [6.07, 6.45) is 1.09. The van der Waals surface area contributed by atoms with Gasteiger partial charge in [-0.15, -0.1) is 0 Å². The fourth-order valence-corrected chi connectivity index (χ4v) is 2.17. The molecule has 0 aromatic carbocycles. The molecular formula is C12H13NO5. The fourth-order valence-electron chi connectivity index (χ4n) is 2.17. The minimum absolute atomic E-state index is 0.0395. The van der Waals surface area contributed by atoms with Gasteiger partial charge in [-0.2, -0.15) is 0 Å². The molecule has 0 aliphatic carbocycles. The minimum Gasteiger partial charge on any atom is -0.425 e. The van der Waals surface area contributed by atoms with Crippen molar-refractivity contribution in [2.24, 2.45) is 0 Å². The number of aromatic nitrogens is 1. The second-order valence-corrected chi connectivity index (χ2v) is 4.17. The van der Waals surface area contributed by atoms with Gasteiger partial charge in [-0.1, -0.05) is 6.07 Å². The number of fused-ring (bicyclic) bond motifs is 1. The monoisotopic (exact) mass is 251 g/mol. The molecule has 2 fully saturated rings. The first-order valence-electron chi connectivity index (χ1n) is 5.85. The molecule has 0 amide bonds. The molecule has 6 nitrogen and oxygen atoms in total. The molecule has 18 heavy (non-hydrogen) atoms. The van der Waals surface area contributed by atoms with Crippen LogP contribution in [0.4, 0.5) is 4.79 Å². The van der Waals surface area contributed by atoms with Gasteiger partial charge in [0.2, 0.25) is 5.88 Å². The third kappa shape index (κ3) is 2.30. The van der Waals surface area contributed by atoms with E-state index in [1.807, 2.05) is 0 Å². The molecule has 0 bridgehead atoms. The van der Waals surface area contributed by atoms with Crippen LogP contribution in [0.5, 0.6) is 5.88 Å². The zero-order chi connectivity index (χ0) is 12.4. The van der Waals surface area contributed by atoms with E-state index in [-0.39, 0.29) is 18.1 Å². The molecule has 3 rings (SSSR count). The molecule has 1 aromatic rings. The summed E-state index contributed by atoms with van der Waals surface area (Å²) in [5.41, 5.74) is 0. The topological polar surface area (TPSA) is 66.9 Å². The van der Waals surface area contributed by atoms with E-state index in [0.29, 0.717) is 13.2 Å². The lowest BCUT2D eigenvalue weighted by Crippen LogP contribution is -2.33. The number of nitrogens with zero attached hydrogens (tertiary/aromatic N) is 1. The van der Waals surface area contributed by atoms with Gasteiger partial charge in [0, 0.05) is 18.9 Å². The summed E-state index contributed by atoms with van der Waals surface area (Å²) >= 11 is 0. The molecule has 0 N–H and O–H groups in total. The number of rotatable bonds is 2. The molecule has 1 aromatic heterocycles. The lowest BCUT2D eigenvalue weighted by Gasteiger charge is -2.15. The number of carbonyl (C=O) groups excluding carboxylic acids is 1. The summed E-state index contributed by atoms with van der Waals surface area (Å²) in [5, 5.41) is 0. The number of hydrogen-bond donors (Lipinski definition) is 0. The SMILES string of the molecule is O=C(Oc1ccccn1)O[C@@H]1CO[C@@H]2CCO[C@@H]21. The van der Waals surface area contributed by atoms with Crippen LogP contribution in [0.2, 0.25) is 0 Å². The maximum absolute atomic E-state index is 11.6. The summed E-state index contributed by atoms with van der Waals surface area (Å²) in [4.78, 5) is 15.4. The highest BCUT2D eigenvalue weighted by molar-refractivity contribution is 5.63. The molecule has 6 heteroatoms. The summed E-state index contributed by atoms with van der Waals surface area (Å²) in [6, 6.07) is 5.05. The third-order valence-electron chi connectivity index (χ3n) is 2.99. The van der Waals surface area contributed by atoms with Crippen LogP contribution in [0.1, 0.15) is 6.42 Å². The van der Waals surface area contributed by atoms with Crippen molar-refractivity contribution in [1.82, 2.24) is 4.98 Å². The Bertz CT molecular complexity index is 424. The van der Waals surface area contributed by atoms with Crippen molar-refractivity contribution in [3.8, 4) is 5.88 Å². The first-order valence-corrected chi connectivity index (χ1v) is 5.85. The number of ether oxygens (including phenoxy) is 4. The average Bonchev–Trinajstić information content (AvgIpc) is 2.95. The predicted octanol–water partition coefficient (Wildman–Crippen LogP) is 1.15. The van der Waals surface area contributed by atoms with Crippen LogP contribution in [0.15, 0.2) is 24.4 Å². The molecule has 2 aliphatic rings. The van der Waals surface area contributed by atoms with E-state index in [0.717, 1.165) is 6.42 Å². The lowest BCUT2D eigenvalue weighted by molar-refractivity contribution is -0.0116. The largest absolute Gasteiger partial charge is 0.515 e. The number of carbonyl (C=O) groups is 1. The number of hydrogen-bond acceptors (Lipinski definition) is 6. The molecule has 0 spiro atoms. The van der Waals surface area contributed by atoms with E-state index in [9.17, 15) is 4.79 Å². The highest BCUT2D eigenvalue weighted by Crippen LogP contribution is 2.28. The van der Waals surface area contributed by atoms with Gasteiger partial charge in [-0.3, -0.25) is 0 Å². The molecule has 2 aliphatic heterocycles. The minimum atomic E-state index is -0.779. The normalized spacial score (nSPS) is 29.9. The Balaban J connectivity index is 1.55. The van der Waals surface area contributed by atoms with E-state index in [1.165, 1.54) is 6.20 Å². The Morgan fingerprint density at radius 2 is 2.33 bits per heavy atom. The zero-order valence-corrected chi connectivity index (χ0v) is 9.65. The summed E-state index contributed by atoms with van der Waals surface area (Å²) in [6.45, 7) is 0.997. The van der Waals surface area contributed by atoms with Gasteiger partial charge >= 0.3 is 6.16 Å². The molecule has 0 unspecified atom stereocenters. The second-order valence-electron chi connectivity index (χ2n) is 4.17. The molecule has 0 saturated carbocycles. The van der Waals surface area contributed by atoms with Crippen molar-refractivity contribution in [1.29, 1.82) is 0 Å². The fraction of sp³-hybridized carbons (Fsp3) is 0.500. The summed E-state index contributed by atoms with van der Waals surface area (Å²) in [7, 11) is 0. The Morgan fingerprint density at radius 3 is 3.17 bits per heavy atom. The van der Waals surface area contributed by atoms with Crippen LogP contribution in [0.3, 0.4) is 0 Å². The van der Waals surface area contributed by atoms with Gasteiger partial charge in [-0.25, -0.2) is 9.78 Å². The van der Waals surface area contributed by atoms with E-state index in [2.05, 4.69) is 4.98 Å². The average molecular weight is 251 g/mol. The highest BCUT2D eigenvalue weighted by atomic mass is 16.7. The quantitative estimate of drug-likeness (QED) is 0.735. The molecule has 0 radical (unpaired) electrons. The molecule has 96 valence electrons. The van der Waals surface area contributed by atoms with Crippen molar-refractivity contribution in [3.63, 3.8) is 0 Å². The Labute approximate surface area is 104 Å². The smallest absolute Gasteiger partial charge is 0.425 e. The zero-order valence-electron chi connectivity index (χ0n) is 9.65. The highest BCUT2D eigenvalue weighted by Gasteiger charge is 2.44. The first-order chi connectivity index (χ1) is 8.83. The third-order valence-corrected chi connectivity index (χ3v) is 2.99. The van der Waals surface area contributed by atoms with Crippen LogP contribution < -0.4 is 4.74 Å². The van der Waals surface area contributed by atoms with Crippen molar-refractivity contribution in [2.75, 3.05) is 13.2 Å². The maximum atomic E-state index is 11.6. The first kappa shape index (κ1) is 11.4. The Morgan fingerprint density at radius 1 is 1.39 bits per heavy atom.